The molecule has 2 heteroatoms. The lowest BCUT2D eigenvalue weighted by atomic mass is 10.4. The number of halogens is 2. The van der Waals surface area contributed by atoms with Crippen molar-refractivity contribution >= 4 is 31.9 Å². The Kier molecular flexibility index (Phi) is 5.33. The molecular formula is C5H8Br2. The highest BCUT2D eigenvalue weighted by molar-refractivity contribution is 9.12. The van der Waals surface area contributed by atoms with E-state index in [1.807, 2.05) is 13.0 Å². The van der Waals surface area contributed by atoms with Crippen molar-refractivity contribution in [2.75, 3.05) is 5.33 Å². The number of hydrogen-bond donors (Lipinski definition) is 0. The molecule has 0 radical (unpaired) electrons. The van der Waals surface area contributed by atoms with Crippen molar-refractivity contribution in [3.05, 3.63) is 12.2 Å². The molecule has 1 atom stereocenters. The van der Waals surface area contributed by atoms with Gasteiger partial charge >= 0.3 is 0 Å². The number of alkyl halides is 2. The summed E-state index contributed by atoms with van der Waals surface area (Å²) in [5, 5.41) is 0.983. The van der Waals surface area contributed by atoms with Gasteiger partial charge in [0.1, 0.15) is 0 Å². The molecule has 0 N–H and O–H groups in total. The van der Waals surface area contributed by atoms with Gasteiger partial charge in [-0.15, -0.1) is 0 Å². The van der Waals surface area contributed by atoms with Gasteiger partial charge in [0, 0.05) is 10.2 Å². The first-order chi connectivity index (χ1) is 3.31. The lowest BCUT2D eigenvalue weighted by Gasteiger charge is -1.91. The zero-order valence-corrected chi connectivity index (χ0v) is 7.37. The van der Waals surface area contributed by atoms with Crippen molar-refractivity contribution < 1.29 is 0 Å². The molecule has 0 nitrogen and oxygen atoms in total. The van der Waals surface area contributed by atoms with E-state index in [1.165, 1.54) is 0 Å². The highest BCUT2D eigenvalue weighted by Crippen LogP contribution is 2.03. The van der Waals surface area contributed by atoms with Crippen LogP contribution >= 0.6 is 31.9 Å². The third-order valence-corrected chi connectivity index (χ3v) is 2.74. The smallest absolute Gasteiger partial charge is 0.0422 e. The Morgan fingerprint density at radius 1 is 1.71 bits per heavy atom. The molecule has 0 aromatic heterocycles. The second kappa shape index (κ2) is 4.85. The van der Waals surface area contributed by atoms with E-state index in [-0.39, 0.29) is 0 Å². The van der Waals surface area contributed by atoms with E-state index in [2.05, 4.69) is 37.9 Å². The molecule has 0 spiro atoms. The molecule has 0 aliphatic carbocycles. The van der Waals surface area contributed by atoms with Gasteiger partial charge in [0.05, 0.1) is 0 Å². The normalized spacial score (nSPS) is 15.3. The highest BCUT2D eigenvalue weighted by Gasteiger charge is 1.90. The zero-order valence-electron chi connectivity index (χ0n) is 4.20. The fraction of sp³-hybridized carbons (Fsp3) is 0.600. The largest absolute Gasteiger partial charge is 0.0913 e. The maximum absolute atomic E-state index is 3.40. The predicted molar refractivity (Wildman–Crippen MR) is 41.3 cm³/mol. The predicted octanol–water partition coefficient (Wildman–Crippen LogP) is 2.72. The van der Waals surface area contributed by atoms with E-state index in [0.29, 0.717) is 4.83 Å². The van der Waals surface area contributed by atoms with Crippen molar-refractivity contribution in [1.29, 1.82) is 0 Å². The van der Waals surface area contributed by atoms with Gasteiger partial charge in [-0.25, -0.2) is 0 Å². The average molecular weight is 228 g/mol. The van der Waals surface area contributed by atoms with Gasteiger partial charge in [0.15, 0.2) is 0 Å². The second-order valence-electron chi connectivity index (χ2n) is 1.20. The molecule has 0 saturated carbocycles. The van der Waals surface area contributed by atoms with Gasteiger partial charge in [-0.2, -0.15) is 0 Å². The summed E-state index contributed by atoms with van der Waals surface area (Å²) < 4.78 is 0. The summed E-state index contributed by atoms with van der Waals surface area (Å²) in [6.45, 7) is 2.01. The first-order valence-electron chi connectivity index (χ1n) is 2.14. The minimum atomic E-state index is 0.498. The standard InChI is InChI=1S/C5H8Br2/c1-2-3-5(7)4-6/h2-3,5H,4H2,1H3/b3-2-. The molecule has 0 bridgehead atoms. The van der Waals surface area contributed by atoms with E-state index in [4.69, 9.17) is 0 Å². The lowest BCUT2D eigenvalue weighted by Crippen LogP contribution is -1.90. The van der Waals surface area contributed by atoms with Crippen molar-refractivity contribution in [3.8, 4) is 0 Å². The maximum Gasteiger partial charge on any atom is 0.0422 e. The Balaban J connectivity index is 3.16. The maximum atomic E-state index is 3.40. The Morgan fingerprint density at radius 3 is 2.43 bits per heavy atom. The van der Waals surface area contributed by atoms with Gasteiger partial charge in [0.25, 0.3) is 0 Å². The summed E-state index contributed by atoms with van der Waals surface area (Å²) in [4.78, 5) is 0.498. The monoisotopic (exact) mass is 226 g/mol. The molecule has 0 aliphatic heterocycles. The van der Waals surface area contributed by atoms with Crippen molar-refractivity contribution in [2.45, 2.75) is 11.8 Å². The van der Waals surface area contributed by atoms with Gasteiger partial charge in [-0.05, 0) is 6.92 Å². The number of hydrogen-bond acceptors (Lipinski definition) is 0. The van der Waals surface area contributed by atoms with Crippen LogP contribution in [0.15, 0.2) is 12.2 Å². The molecule has 1 unspecified atom stereocenters. The average Bonchev–Trinajstić information content (AvgIpc) is 1.68. The van der Waals surface area contributed by atoms with Crippen LogP contribution in [0.1, 0.15) is 6.92 Å². The lowest BCUT2D eigenvalue weighted by molar-refractivity contribution is 1.30. The molecule has 0 rings (SSSR count). The fourth-order valence-electron chi connectivity index (χ4n) is 0.260. The van der Waals surface area contributed by atoms with E-state index in [0.717, 1.165) is 5.33 Å². The number of rotatable bonds is 2. The van der Waals surface area contributed by atoms with Crippen LogP contribution in [0.25, 0.3) is 0 Å². The van der Waals surface area contributed by atoms with Gasteiger partial charge < -0.3 is 0 Å². The van der Waals surface area contributed by atoms with Crippen LogP contribution in [-0.2, 0) is 0 Å². The molecule has 7 heavy (non-hydrogen) atoms. The SMILES string of the molecule is C/C=C\C(Br)CBr. The molecular weight excluding hydrogens is 220 g/mol. The van der Waals surface area contributed by atoms with E-state index < -0.39 is 0 Å². The Bertz CT molecular complexity index is 59.1. The summed E-state index contributed by atoms with van der Waals surface area (Å²) in [6.07, 6.45) is 4.12. The molecule has 0 aromatic carbocycles. The minimum Gasteiger partial charge on any atom is -0.0913 e. The molecule has 0 amide bonds. The summed E-state index contributed by atoms with van der Waals surface area (Å²) in [5.74, 6) is 0. The minimum absolute atomic E-state index is 0.498. The first kappa shape index (κ1) is 7.70. The quantitative estimate of drug-likeness (QED) is 0.503. The third kappa shape index (κ3) is 4.56. The van der Waals surface area contributed by atoms with E-state index in [9.17, 15) is 0 Å². The van der Waals surface area contributed by atoms with Crippen LogP contribution in [0.2, 0.25) is 0 Å². The molecule has 0 saturated heterocycles. The molecule has 0 fully saturated rings. The fourth-order valence-corrected chi connectivity index (χ4v) is 0.781. The van der Waals surface area contributed by atoms with Crippen LogP contribution in [0.4, 0.5) is 0 Å². The summed E-state index contributed by atoms with van der Waals surface area (Å²) in [6, 6.07) is 0. The van der Waals surface area contributed by atoms with Crippen LogP contribution in [0, 0.1) is 0 Å². The number of allylic oxidation sites excluding steroid dienone is 2. The van der Waals surface area contributed by atoms with Crippen LogP contribution in [0.3, 0.4) is 0 Å². The summed E-state index contributed by atoms with van der Waals surface area (Å²) in [7, 11) is 0. The Labute approximate surface area is 61.2 Å². The Hall–Kier alpha value is 0.700. The van der Waals surface area contributed by atoms with Gasteiger partial charge in [-0.3, -0.25) is 0 Å². The molecule has 0 heterocycles. The molecule has 0 aliphatic rings. The second-order valence-corrected chi connectivity index (χ2v) is 3.02. The summed E-state index contributed by atoms with van der Waals surface area (Å²) in [5.41, 5.74) is 0. The zero-order chi connectivity index (χ0) is 5.70. The van der Waals surface area contributed by atoms with Crippen LogP contribution in [0.5, 0.6) is 0 Å². The van der Waals surface area contributed by atoms with Gasteiger partial charge in [-0.1, -0.05) is 44.0 Å². The van der Waals surface area contributed by atoms with Gasteiger partial charge in [0.2, 0.25) is 0 Å². The van der Waals surface area contributed by atoms with Crippen LogP contribution < -0.4 is 0 Å². The Morgan fingerprint density at radius 2 is 2.29 bits per heavy atom. The highest BCUT2D eigenvalue weighted by atomic mass is 79.9. The topological polar surface area (TPSA) is 0 Å². The van der Waals surface area contributed by atoms with E-state index >= 15 is 0 Å². The van der Waals surface area contributed by atoms with Crippen molar-refractivity contribution in [1.82, 2.24) is 0 Å². The van der Waals surface area contributed by atoms with Crippen LogP contribution in [-0.4, -0.2) is 10.2 Å². The third-order valence-electron chi connectivity index (χ3n) is 0.549. The first-order valence-corrected chi connectivity index (χ1v) is 4.17. The summed E-state index contributed by atoms with van der Waals surface area (Å²) >= 11 is 6.72. The van der Waals surface area contributed by atoms with E-state index in [1.54, 1.807) is 0 Å². The molecule has 0 aromatic rings. The molecule has 42 valence electrons. The van der Waals surface area contributed by atoms with Crippen molar-refractivity contribution in [3.63, 3.8) is 0 Å². The van der Waals surface area contributed by atoms with Crippen molar-refractivity contribution in [2.24, 2.45) is 0 Å².